The summed E-state index contributed by atoms with van der Waals surface area (Å²) in [6.07, 6.45) is -1.50. The highest BCUT2D eigenvalue weighted by atomic mass is 32.2. The summed E-state index contributed by atoms with van der Waals surface area (Å²) in [5.41, 5.74) is -0.0148. The van der Waals surface area contributed by atoms with Gasteiger partial charge in [-0.15, -0.1) is 0 Å². The van der Waals surface area contributed by atoms with E-state index in [9.17, 15) is 31.8 Å². The van der Waals surface area contributed by atoms with Crippen molar-refractivity contribution in [3.8, 4) is 11.5 Å². The number of carbonyl (C=O) groups excluding carboxylic acids is 1. The fourth-order valence-electron chi connectivity index (χ4n) is 2.36. The Kier molecular flexibility index (Phi) is 6.70. The van der Waals surface area contributed by atoms with Crippen LogP contribution in [-0.2, 0) is 29.2 Å². The summed E-state index contributed by atoms with van der Waals surface area (Å²) in [7, 11) is -8.06. The molecule has 8 nitrogen and oxygen atoms in total. The minimum absolute atomic E-state index is 0.0148. The predicted molar refractivity (Wildman–Crippen MR) is 105 cm³/mol. The van der Waals surface area contributed by atoms with Crippen LogP contribution in [0.5, 0.6) is 11.5 Å². The molecule has 0 radical (unpaired) electrons. The van der Waals surface area contributed by atoms with Gasteiger partial charge in [-0.1, -0.05) is 6.58 Å². The smallest absolute Gasteiger partial charge is 0.333 e. The molecule has 0 saturated heterocycles. The molecule has 0 amide bonds. The predicted octanol–water partition coefficient (Wildman–Crippen LogP) is 1.83. The Morgan fingerprint density at radius 3 is 1.52 bits per heavy atom. The Morgan fingerprint density at radius 1 is 0.862 bits per heavy atom. The number of phenolic OH excluding ortho intramolecular Hbond substituents is 2. The summed E-state index contributed by atoms with van der Waals surface area (Å²) >= 11 is 0. The highest BCUT2D eigenvalue weighted by molar-refractivity contribution is 7.92. The lowest BCUT2D eigenvalue weighted by atomic mass is 10.3. The van der Waals surface area contributed by atoms with Crippen molar-refractivity contribution in [2.75, 3.05) is 11.5 Å². The summed E-state index contributed by atoms with van der Waals surface area (Å²) < 4.78 is 55.7. The van der Waals surface area contributed by atoms with Crippen molar-refractivity contribution >= 4 is 25.6 Å². The van der Waals surface area contributed by atoms with Gasteiger partial charge in [-0.3, -0.25) is 0 Å². The van der Waals surface area contributed by atoms with Gasteiger partial charge in [0.2, 0.25) is 0 Å². The molecule has 10 heteroatoms. The third-order valence-corrected chi connectivity index (χ3v) is 7.43. The summed E-state index contributed by atoms with van der Waals surface area (Å²) in [6, 6.07) is 9.36. The van der Waals surface area contributed by atoms with Gasteiger partial charge in [0.25, 0.3) is 0 Å². The molecule has 0 saturated carbocycles. The number of ether oxygens (including phenoxy) is 1. The van der Waals surface area contributed by atoms with Crippen LogP contribution < -0.4 is 0 Å². The molecule has 0 aromatic heterocycles. The molecular weight excluding hydrogens is 420 g/mol. The molecule has 2 aromatic carbocycles. The summed E-state index contributed by atoms with van der Waals surface area (Å²) in [6.45, 7) is 4.76. The first kappa shape index (κ1) is 22.4. The first-order valence-corrected chi connectivity index (χ1v) is 11.6. The number of phenols is 2. The molecule has 2 aromatic rings. The van der Waals surface area contributed by atoms with E-state index in [4.69, 9.17) is 4.74 Å². The zero-order valence-electron chi connectivity index (χ0n) is 15.5. The average molecular weight is 440 g/mol. The van der Waals surface area contributed by atoms with E-state index in [1.54, 1.807) is 0 Å². The van der Waals surface area contributed by atoms with E-state index in [-0.39, 0.29) is 26.9 Å². The van der Waals surface area contributed by atoms with Gasteiger partial charge in [-0.25, -0.2) is 21.6 Å². The van der Waals surface area contributed by atoms with Crippen LogP contribution in [0.25, 0.3) is 0 Å². The number of hydrogen-bond donors (Lipinski definition) is 2. The Morgan fingerprint density at radius 2 is 1.21 bits per heavy atom. The van der Waals surface area contributed by atoms with E-state index < -0.39 is 43.3 Å². The zero-order valence-corrected chi connectivity index (χ0v) is 17.1. The Labute approximate surface area is 168 Å². The van der Waals surface area contributed by atoms with Crippen molar-refractivity contribution in [1.82, 2.24) is 0 Å². The number of rotatable bonds is 8. The van der Waals surface area contributed by atoms with E-state index in [1.807, 2.05) is 0 Å². The average Bonchev–Trinajstić information content (AvgIpc) is 2.61. The number of carbonyl (C=O) groups is 1. The maximum atomic E-state index is 12.6. The maximum absolute atomic E-state index is 12.6. The molecular formula is C19H20O8S2. The topological polar surface area (TPSA) is 135 Å². The van der Waals surface area contributed by atoms with Crippen LogP contribution in [-0.4, -0.2) is 50.6 Å². The van der Waals surface area contributed by atoms with Crippen molar-refractivity contribution in [1.29, 1.82) is 0 Å². The second kappa shape index (κ2) is 8.66. The van der Waals surface area contributed by atoms with E-state index in [0.717, 1.165) is 24.3 Å². The van der Waals surface area contributed by atoms with Crippen molar-refractivity contribution in [2.45, 2.75) is 22.8 Å². The van der Waals surface area contributed by atoms with Gasteiger partial charge < -0.3 is 14.9 Å². The zero-order chi connectivity index (χ0) is 21.8. The second-order valence-corrected chi connectivity index (χ2v) is 10.4. The van der Waals surface area contributed by atoms with E-state index >= 15 is 0 Å². The highest BCUT2D eigenvalue weighted by Gasteiger charge is 2.30. The van der Waals surface area contributed by atoms with Gasteiger partial charge in [0.1, 0.15) is 17.6 Å². The quantitative estimate of drug-likeness (QED) is 0.469. The molecule has 0 spiro atoms. The third kappa shape index (κ3) is 6.06. The van der Waals surface area contributed by atoms with Crippen LogP contribution in [0.15, 0.2) is 70.5 Å². The maximum Gasteiger partial charge on any atom is 0.333 e. The van der Waals surface area contributed by atoms with Crippen LogP contribution in [0.3, 0.4) is 0 Å². The van der Waals surface area contributed by atoms with Gasteiger partial charge in [-0.05, 0) is 55.5 Å². The van der Waals surface area contributed by atoms with E-state index in [1.165, 1.54) is 31.2 Å². The molecule has 29 heavy (non-hydrogen) atoms. The second-order valence-electron chi connectivity index (χ2n) is 6.36. The molecule has 0 fully saturated rings. The molecule has 0 bridgehead atoms. The SMILES string of the molecule is C=C(C)C(=O)OC(CS(=O)(=O)c1ccc(O)cc1)CS(=O)(=O)c1ccc(O)cc1. The van der Waals surface area contributed by atoms with Crippen molar-refractivity contribution in [2.24, 2.45) is 0 Å². The van der Waals surface area contributed by atoms with Crippen molar-refractivity contribution in [3.05, 3.63) is 60.7 Å². The molecule has 0 atom stereocenters. The molecule has 0 unspecified atom stereocenters. The Bertz CT molecular complexity index is 1020. The molecule has 0 heterocycles. The number of sulfone groups is 2. The molecule has 2 rings (SSSR count). The first-order chi connectivity index (χ1) is 13.4. The Hall–Kier alpha value is -2.85. The molecule has 0 aliphatic rings. The van der Waals surface area contributed by atoms with Crippen LogP contribution in [0.1, 0.15) is 6.92 Å². The largest absolute Gasteiger partial charge is 0.508 e. The minimum Gasteiger partial charge on any atom is -0.508 e. The molecule has 156 valence electrons. The number of esters is 1. The fraction of sp³-hybridized carbons (Fsp3) is 0.211. The normalized spacial score (nSPS) is 11.9. The fourth-order valence-corrected chi connectivity index (χ4v) is 5.34. The number of hydrogen-bond acceptors (Lipinski definition) is 8. The lowest BCUT2D eigenvalue weighted by molar-refractivity contribution is -0.142. The monoisotopic (exact) mass is 440 g/mol. The van der Waals surface area contributed by atoms with E-state index in [0.29, 0.717) is 0 Å². The van der Waals surface area contributed by atoms with Crippen LogP contribution in [0.4, 0.5) is 0 Å². The van der Waals surface area contributed by atoms with Gasteiger partial charge in [0.05, 0.1) is 21.3 Å². The summed E-state index contributed by atoms with van der Waals surface area (Å²) in [5.74, 6) is -2.76. The van der Waals surface area contributed by atoms with Crippen molar-refractivity contribution < 1.29 is 36.6 Å². The first-order valence-electron chi connectivity index (χ1n) is 8.31. The Balaban J connectivity index is 2.33. The number of benzene rings is 2. The highest BCUT2D eigenvalue weighted by Crippen LogP contribution is 2.21. The summed E-state index contributed by atoms with van der Waals surface area (Å²) in [5, 5.41) is 18.6. The van der Waals surface area contributed by atoms with Gasteiger partial charge in [0.15, 0.2) is 19.7 Å². The van der Waals surface area contributed by atoms with Gasteiger partial charge in [-0.2, -0.15) is 0 Å². The number of aromatic hydroxyl groups is 2. The van der Waals surface area contributed by atoms with Crippen LogP contribution in [0, 0.1) is 0 Å². The van der Waals surface area contributed by atoms with E-state index in [2.05, 4.69) is 6.58 Å². The van der Waals surface area contributed by atoms with Crippen LogP contribution in [0.2, 0.25) is 0 Å². The molecule has 2 N–H and O–H groups in total. The molecule has 0 aliphatic carbocycles. The van der Waals surface area contributed by atoms with Gasteiger partial charge in [0, 0.05) is 5.57 Å². The standard InChI is InChI=1S/C19H20O8S2/c1-13(2)19(22)27-16(11-28(23,24)17-7-3-14(20)4-8-17)12-29(25,26)18-9-5-15(21)6-10-18/h3-10,16,20-21H,1,11-12H2,2H3. The van der Waals surface area contributed by atoms with Crippen LogP contribution >= 0.6 is 0 Å². The lowest BCUT2D eigenvalue weighted by Gasteiger charge is -2.18. The minimum atomic E-state index is -4.03. The van der Waals surface area contributed by atoms with Gasteiger partial charge >= 0.3 is 5.97 Å². The molecule has 0 aliphatic heterocycles. The lowest BCUT2D eigenvalue weighted by Crippen LogP contribution is -2.33. The summed E-state index contributed by atoms with van der Waals surface area (Å²) in [4.78, 5) is 11.6. The van der Waals surface area contributed by atoms with Crippen molar-refractivity contribution in [3.63, 3.8) is 0 Å². The third-order valence-electron chi connectivity index (χ3n) is 3.82.